The molecule has 74 heavy (non-hydrogen) atoms. The monoisotopic (exact) mass is 1450 g/mol. The summed E-state index contributed by atoms with van der Waals surface area (Å²) in [4.78, 5) is 26.4. The second-order valence-corrected chi connectivity index (χ2v) is 28.6. The van der Waals surface area contributed by atoms with Gasteiger partial charge in [0.1, 0.15) is 0 Å². The first-order valence-electron chi connectivity index (χ1n) is 26.4. The normalized spacial score (nSPS) is 13.7. The Balaban J connectivity index is 0.000000234. The summed E-state index contributed by atoms with van der Waals surface area (Å²) in [6.07, 6.45) is 19.7. The summed E-state index contributed by atoms with van der Waals surface area (Å²) in [6.45, 7) is 18.5. The van der Waals surface area contributed by atoms with E-state index in [4.69, 9.17) is 14.7 Å². The van der Waals surface area contributed by atoms with Crippen molar-refractivity contribution in [3.63, 3.8) is 0 Å². The average molecular weight is 1450 g/mol. The summed E-state index contributed by atoms with van der Waals surface area (Å²) in [7, 11) is 0. The Morgan fingerprint density at radius 2 is 0.824 bits per heavy atom. The number of benzene rings is 6. The first-order chi connectivity index (χ1) is 35.6. The van der Waals surface area contributed by atoms with E-state index in [-0.39, 0.29) is 46.0 Å². The zero-order chi connectivity index (χ0) is 53.8. The Bertz CT molecular complexity index is 2420. The maximum atomic E-state index is 11.4. The average Bonchev–Trinajstić information content (AvgIpc) is 3.79. The van der Waals surface area contributed by atoms with Crippen molar-refractivity contribution >= 4 is 48.8 Å². The van der Waals surface area contributed by atoms with Crippen LogP contribution in [-0.4, -0.2) is 23.4 Å². The van der Waals surface area contributed by atoms with Crippen LogP contribution in [0.3, 0.4) is 0 Å². The van der Waals surface area contributed by atoms with Crippen molar-refractivity contribution in [1.29, 1.82) is 0 Å². The van der Waals surface area contributed by atoms with Crippen LogP contribution in [0, 0.1) is 46.7 Å². The summed E-state index contributed by atoms with van der Waals surface area (Å²) in [5, 5.41) is 7.38. The summed E-state index contributed by atoms with van der Waals surface area (Å²) >= 11 is 5.17. The second kappa shape index (κ2) is 35.5. The van der Waals surface area contributed by atoms with Gasteiger partial charge in [0, 0.05) is 0 Å². The van der Waals surface area contributed by atoms with E-state index in [1.54, 1.807) is 45.0 Å². The van der Waals surface area contributed by atoms with Crippen LogP contribution in [0.15, 0.2) is 121 Å². The molecule has 1 N–H and O–H groups in total. The Morgan fingerprint density at radius 1 is 0.486 bits per heavy atom. The van der Waals surface area contributed by atoms with E-state index in [2.05, 4.69) is 144 Å². The maximum Gasteiger partial charge on any atom is 0.0791 e. The molecular weight excluding hydrogens is 1370 g/mol. The molecule has 6 aromatic carbocycles. The number of hydrogen-bond donors (Lipinski definition) is 1. The zero-order valence-electron chi connectivity index (χ0n) is 45.3. The molecule has 0 aromatic heterocycles. The molecule has 10 heteroatoms. The molecule has 0 spiro atoms. The van der Waals surface area contributed by atoms with Crippen LogP contribution in [0.4, 0.5) is 0 Å². The predicted octanol–water partition coefficient (Wildman–Crippen LogP) is 13.4. The smallest absolute Gasteiger partial charge is 0.0791 e. The SMILES string of the molecule is CC(=O)c1ccc(Oc2cc(C)cc(Cc3ccc(C)c([I-]I)c3)c2)cc1.CC(=O)c1ccc(Oc2cc(C)cc(Cc3ccc(C)c([I-]I)c3)c2)cc1.CC1CCCCCC1.CC1CCCCCC1.CCOO. The largest absolute Gasteiger partial charge is 0.252 e. The summed E-state index contributed by atoms with van der Waals surface area (Å²) in [5.74, 6) is 5.31. The van der Waals surface area contributed by atoms with Gasteiger partial charge in [-0.1, -0.05) is 90.9 Å². The number of ketones is 2. The number of aryl methyl sites for hydroxylation is 4. The van der Waals surface area contributed by atoms with E-state index in [0.29, 0.717) is 17.7 Å². The number of rotatable bonds is 13. The number of carbonyl (C=O) groups excluding carboxylic acids is 2. The second-order valence-electron chi connectivity index (χ2n) is 19.9. The van der Waals surface area contributed by atoms with Gasteiger partial charge in [-0.3, -0.25) is 14.8 Å². The number of halogens is 4. The minimum atomic E-state index is 0.0609. The number of ether oxygens (including phenoxy) is 2. The van der Waals surface area contributed by atoms with Crippen molar-refractivity contribution < 1.29 is 63.7 Å². The Labute approximate surface area is 485 Å². The molecule has 0 unspecified atom stereocenters. The molecule has 402 valence electrons. The molecule has 0 amide bonds. The molecule has 8 rings (SSSR count). The first-order valence-corrected chi connectivity index (χ1v) is 41.1. The number of Topliss-reactive ketones (excluding diaryl/α,β-unsaturated/α-hetero) is 2. The fraction of sp³-hybridized carbons (Fsp3) is 0.406. The third-order valence-corrected chi connectivity index (χ3v) is 22.2. The topological polar surface area (TPSA) is 82.1 Å². The summed E-state index contributed by atoms with van der Waals surface area (Å²) in [6, 6.07) is 40.9. The Kier molecular flexibility index (Phi) is 30.5. The van der Waals surface area contributed by atoms with Crippen LogP contribution in [0.2, 0.25) is 0 Å². The molecule has 2 aliphatic rings. The van der Waals surface area contributed by atoms with E-state index in [0.717, 1.165) is 47.7 Å². The summed E-state index contributed by atoms with van der Waals surface area (Å²) in [5.41, 5.74) is 11.7. The van der Waals surface area contributed by atoms with E-state index >= 15 is 0 Å². The standard InChI is InChI=1S/2C23H21I2O2.2C8H16.C2H6O2/c2*1-15-10-19(12-18-5-4-16(2)23(14-18)25-24)13-22(11-15)27-21-8-6-20(7-9-21)17(3)26;2*1-8-6-4-2-3-5-7-8;1-2-4-3/h2*4-11,13-14H,12H2,1-3H3;2*8H,2-7H2,1H3;3H,2H2,1H3/q2*-1;;;. The third-order valence-electron chi connectivity index (χ3n) is 13.1. The molecule has 6 aromatic rings. The zero-order valence-corrected chi connectivity index (χ0v) is 53.9. The van der Waals surface area contributed by atoms with Gasteiger partial charge in [0.25, 0.3) is 0 Å². The predicted molar refractivity (Wildman–Crippen MR) is 317 cm³/mol. The quantitative estimate of drug-likeness (QED) is 0.0408. The molecule has 0 atom stereocenters. The number of hydrogen-bond acceptors (Lipinski definition) is 6. The van der Waals surface area contributed by atoms with Crippen LogP contribution in [0.1, 0.15) is 177 Å². The third kappa shape index (κ3) is 24.6. The molecule has 0 bridgehead atoms. The van der Waals surface area contributed by atoms with Gasteiger partial charge in [0.15, 0.2) is 11.6 Å². The van der Waals surface area contributed by atoms with E-state index in [1.165, 1.54) is 129 Å². The van der Waals surface area contributed by atoms with Crippen molar-refractivity contribution in [1.82, 2.24) is 0 Å². The maximum absolute atomic E-state index is 11.4. The van der Waals surface area contributed by atoms with Crippen LogP contribution in [0.5, 0.6) is 23.0 Å². The molecule has 6 nitrogen and oxygen atoms in total. The molecule has 0 radical (unpaired) electrons. The van der Waals surface area contributed by atoms with E-state index < -0.39 is 0 Å². The van der Waals surface area contributed by atoms with Gasteiger partial charge in [-0.25, -0.2) is 4.89 Å². The van der Waals surface area contributed by atoms with Gasteiger partial charge >= 0.3 is 329 Å². The van der Waals surface area contributed by atoms with Gasteiger partial charge in [-0.05, 0) is 32.6 Å². The van der Waals surface area contributed by atoms with E-state index in [1.807, 2.05) is 36.4 Å². The molecule has 2 saturated carbocycles. The van der Waals surface area contributed by atoms with Crippen molar-refractivity contribution in [2.24, 2.45) is 11.8 Å². The van der Waals surface area contributed by atoms with Crippen molar-refractivity contribution in [2.45, 2.75) is 152 Å². The van der Waals surface area contributed by atoms with Crippen LogP contribution < -0.4 is 43.9 Å². The van der Waals surface area contributed by atoms with Crippen LogP contribution >= 0.6 is 37.2 Å². The minimum absolute atomic E-state index is 0.0609. The Morgan fingerprint density at radius 3 is 1.12 bits per heavy atom. The molecule has 2 fully saturated rings. The molecule has 2 aliphatic carbocycles. The fourth-order valence-electron chi connectivity index (χ4n) is 8.84. The van der Waals surface area contributed by atoms with E-state index in [9.17, 15) is 9.59 Å². The minimum Gasteiger partial charge on any atom is -0.252 e. The van der Waals surface area contributed by atoms with Gasteiger partial charge in [-0.15, -0.1) is 0 Å². The molecule has 0 heterocycles. The number of carbonyl (C=O) groups is 2. The van der Waals surface area contributed by atoms with Gasteiger partial charge < -0.3 is 0 Å². The van der Waals surface area contributed by atoms with Gasteiger partial charge in [-0.2, -0.15) is 0 Å². The van der Waals surface area contributed by atoms with Gasteiger partial charge in [0.05, 0.1) is 6.61 Å². The van der Waals surface area contributed by atoms with Crippen LogP contribution in [0.25, 0.3) is 0 Å². The molecular formula is C64H80I4O6-2. The first kappa shape index (κ1) is 63.6. The molecule has 0 aliphatic heterocycles. The van der Waals surface area contributed by atoms with Gasteiger partial charge in [0.2, 0.25) is 0 Å². The van der Waals surface area contributed by atoms with Crippen molar-refractivity contribution in [3.05, 3.63) is 184 Å². The van der Waals surface area contributed by atoms with Crippen molar-refractivity contribution in [2.75, 3.05) is 6.61 Å². The molecule has 0 saturated heterocycles. The Hall–Kier alpha value is -2.90. The summed E-state index contributed by atoms with van der Waals surface area (Å²) < 4.78 is 15.1. The van der Waals surface area contributed by atoms with Crippen LogP contribution in [-0.2, 0) is 17.7 Å². The fourth-order valence-corrected chi connectivity index (χ4v) is 16.8. The van der Waals surface area contributed by atoms with Crippen molar-refractivity contribution in [3.8, 4) is 23.0 Å².